The maximum absolute atomic E-state index is 5.65. The largest absolute Gasteiger partial charge is 0.497 e. The molecule has 1 aliphatic heterocycles. The third-order valence-electron chi connectivity index (χ3n) is 4.46. The van der Waals surface area contributed by atoms with Gasteiger partial charge in [0.05, 0.1) is 7.11 Å². The van der Waals surface area contributed by atoms with E-state index in [1.165, 1.54) is 11.1 Å². The van der Waals surface area contributed by atoms with Crippen molar-refractivity contribution < 1.29 is 14.2 Å². The third kappa shape index (κ3) is 5.06. The van der Waals surface area contributed by atoms with Crippen LogP contribution in [0.4, 0.5) is 0 Å². The maximum atomic E-state index is 5.65. The number of hydrogen-bond donors (Lipinski definition) is 1. The lowest BCUT2D eigenvalue weighted by atomic mass is 10.1. The molecule has 0 fully saturated rings. The minimum Gasteiger partial charge on any atom is -0.497 e. The first-order valence-corrected chi connectivity index (χ1v) is 9.13. The zero-order valence-corrected chi connectivity index (χ0v) is 16.2. The summed E-state index contributed by atoms with van der Waals surface area (Å²) in [6, 6.07) is 14.2. The molecule has 1 N–H and O–H groups in total. The molecule has 3 rings (SSSR count). The van der Waals surface area contributed by atoms with E-state index in [0.29, 0.717) is 13.2 Å². The van der Waals surface area contributed by atoms with Crippen molar-refractivity contribution >= 4 is 5.96 Å². The molecule has 0 radical (unpaired) electrons. The van der Waals surface area contributed by atoms with Gasteiger partial charge in [0.25, 0.3) is 0 Å². The van der Waals surface area contributed by atoms with Gasteiger partial charge in [0.2, 0.25) is 0 Å². The number of benzene rings is 2. The minimum atomic E-state index is 0.609. The zero-order chi connectivity index (χ0) is 19.1. The fourth-order valence-electron chi connectivity index (χ4n) is 3.03. The van der Waals surface area contributed by atoms with Crippen molar-refractivity contribution in [1.82, 2.24) is 10.2 Å². The van der Waals surface area contributed by atoms with Crippen LogP contribution in [0, 0.1) is 0 Å². The van der Waals surface area contributed by atoms with Gasteiger partial charge >= 0.3 is 0 Å². The number of nitrogens with one attached hydrogen (secondary N) is 1. The van der Waals surface area contributed by atoms with Crippen molar-refractivity contribution in [3.63, 3.8) is 0 Å². The number of rotatable bonds is 6. The number of guanidine groups is 1. The quantitative estimate of drug-likeness (QED) is 0.627. The smallest absolute Gasteiger partial charge is 0.193 e. The summed E-state index contributed by atoms with van der Waals surface area (Å²) in [6.45, 7) is 2.79. The van der Waals surface area contributed by atoms with Gasteiger partial charge in [-0.2, -0.15) is 0 Å². The predicted octanol–water partition coefficient (Wildman–Crippen LogP) is 2.72. The van der Waals surface area contributed by atoms with Crippen molar-refractivity contribution in [3.05, 3.63) is 53.6 Å². The van der Waals surface area contributed by atoms with E-state index in [4.69, 9.17) is 14.2 Å². The van der Waals surface area contributed by atoms with Crippen LogP contribution in [0.5, 0.6) is 17.2 Å². The number of nitrogens with zero attached hydrogens (tertiary/aromatic N) is 2. The van der Waals surface area contributed by atoms with Crippen LogP contribution in [0.25, 0.3) is 0 Å². The van der Waals surface area contributed by atoms with Gasteiger partial charge in [0, 0.05) is 27.2 Å². The molecule has 27 heavy (non-hydrogen) atoms. The Morgan fingerprint density at radius 2 is 1.78 bits per heavy atom. The van der Waals surface area contributed by atoms with E-state index >= 15 is 0 Å². The van der Waals surface area contributed by atoms with Crippen LogP contribution < -0.4 is 19.5 Å². The highest BCUT2D eigenvalue weighted by Gasteiger charge is 2.12. The molecule has 0 bridgehead atoms. The van der Waals surface area contributed by atoms with Crippen molar-refractivity contribution in [1.29, 1.82) is 0 Å². The molecule has 0 aromatic heterocycles. The van der Waals surface area contributed by atoms with Crippen LogP contribution in [0.2, 0.25) is 0 Å². The van der Waals surface area contributed by atoms with Gasteiger partial charge in [-0.3, -0.25) is 4.99 Å². The van der Waals surface area contributed by atoms with Gasteiger partial charge in [0.15, 0.2) is 17.5 Å². The van der Waals surface area contributed by atoms with Crippen LogP contribution in [-0.4, -0.2) is 51.8 Å². The average molecular weight is 369 g/mol. The molecule has 6 nitrogen and oxygen atoms in total. The summed E-state index contributed by atoms with van der Waals surface area (Å²) in [4.78, 5) is 6.48. The molecular formula is C21H27N3O3. The molecule has 0 spiro atoms. The van der Waals surface area contributed by atoms with Crippen molar-refractivity contribution in [2.45, 2.75) is 13.0 Å². The molecular weight excluding hydrogens is 342 g/mol. The maximum Gasteiger partial charge on any atom is 0.193 e. The van der Waals surface area contributed by atoms with E-state index in [-0.39, 0.29) is 0 Å². The summed E-state index contributed by atoms with van der Waals surface area (Å²) in [7, 11) is 5.51. The fraction of sp³-hybridized carbons (Fsp3) is 0.381. The van der Waals surface area contributed by atoms with Crippen LogP contribution in [0.15, 0.2) is 47.5 Å². The van der Waals surface area contributed by atoms with E-state index < -0.39 is 0 Å². The van der Waals surface area contributed by atoms with Gasteiger partial charge in [-0.25, -0.2) is 0 Å². The van der Waals surface area contributed by atoms with Gasteiger partial charge in [-0.1, -0.05) is 18.2 Å². The van der Waals surface area contributed by atoms with Crippen molar-refractivity contribution in [3.8, 4) is 17.2 Å². The standard InChI is InChI=1S/C21H27N3O3/c1-22-21(24(2)15-17-4-7-18(25-3)8-5-17)23-11-10-16-6-9-19-20(14-16)27-13-12-26-19/h4-9,14H,10-13,15H2,1-3H3,(H,22,23). The Balaban J connectivity index is 1.51. The Kier molecular flexibility index (Phi) is 6.41. The first-order chi connectivity index (χ1) is 13.2. The zero-order valence-electron chi connectivity index (χ0n) is 16.2. The Labute approximate surface area is 160 Å². The summed E-state index contributed by atoms with van der Waals surface area (Å²) in [5, 5.41) is 3.42. The van der Waals surface area contributed by atoms with Gasteiger partial charge in [-0.05, 0) is 41.8 Å². The monoisotopic (exact) mass is 369 g/mol. The summed E-state index contributed by atoms with van der Waals surface area (Å²) >= 11 is 0. The molecule has 0 atom stereocenters. The lowest BCUT2D eigenvalue weighted by Gasteiger charge is -2.22. The number of ether oxygens (including phenoxy) is 3. The Bertz CT molecular complexity index is 775. The predicted molar refractivity (Wildman–Crippen MR) is 107 cm³/mol. The van der Waals surface area contributed by atoms with E-state index in [1.807, 2.05) is 25.2 Å². The lowest BCUT2D eigenvalue weighted by Crippen LogP contribution is -2.39. The van der Waals surface area contributed by atoms with Crippen molar-refractivity contribution in [2.75, 3.05) is 41.0 Å². The van der Waals surface area contributed by atoms with Crippen molar-refractivity contribution in [2.24, 2.45) is 4.99 Å². The molecule has 0 amide bonds. The van der Waals surface area contributed by atoms with Gasteiger partial charge < -0.3 is 24.4 Å². The number of fused-ring (bicyclic) bond motifs is 1. The summed E-state index contributed by atoms with van der Waals surface area (Å²) in [5.41, 5.74) is 2.41. The highest BCUT2D eigenvalue weighted by molar-refractivity contribution is 5.79. The topological polar surface area (TPSA) is 55.3 Å². The fourth-order valence-corrected chi connectivity index (χ4v) is 3.03. The Morgan fingerprint density at radius 1 is 1.07 bits per heavy atom. The van der Waals surface area contributed by atoms with E-state index in [9.17, 15) is 0 Å². The molecule has 2 aromatic carbocycles. The normalized spacial score (nSPS) is 13.2. The molecule has 0 saturated heterocycles. The highest BCUT2D eigenvalue weighted by Crippen LogP contribution is 2.30. The molecule has 6 heteroatoms. The first kappa shape index (κ1) is 18.9. The number of hydrogen-bond acceptors (Lipinski definition) is 4. The average Bonchev–Trinajstić information content (AvgIpc) is 2.71. The second kappa shape index (κ2) is 9.16. The molecule has 0 saturated carbocycles. The lowest BCUT2D eigenvalue weighted by molar-refractivity contribution is 0.171. The Hall–Kier alpha value is -2.89. The minimum absolute atomic E-state index is 0.609. The summed E-state index contributed by atoms with van der Waals surface area (Å²) in [6.07, 6.45) is 0.881. The summed E-state index contributed by atoms with van der Waals surface area (Å²) < 4.78 is 16.4. The summed E-state index contributed by atoms with van der Waals surface area (Å²) in [5.74, 6) is 3.39. The second-order valence-electron chi connectivity index (χ2n) is 6.41. The second-order valence-corrected chi connectivity index (χ2v) is 6.41. The van der Waals surface area contributed by atoms with Crippen LogP contribution in [-0.2, 0) is 13.0 Å². The van der Waals surface area contributed by atoms with E-state index in [0.717, 1.165) is 42.7 Å². The molecule has 1 aliphatic rings. The van der Waals surface area contributed by atoms with Crippen LogP contribution >= 0.6 is 0 Å². The highest BCUT2D eigenvalue weighted by atomic mass is 16.6. The number of aliphatic imine (C=N–C) groups is 1. The first-order valence-electron chi connectivity index (χ1n) is 9.13. The Morgan fingerprint density at radius 3 is 2.48 bits per heavy atom. The van der Waals surface area contributed by atoms with Crippen LogP contribution in [0.1, 0.15) is 11.1 Å². The molecule has 144 valence electrons. The molecule has 0 unspecified atom stereocenters. The van der Waals surface area contributed by atoms with Crippen LogP contribution in [0.3, 0.4) is 0 Å². The van der Waals surface area contributed by atoms with Gasteiger partial charge in [-0.15, -0.1) is 0 Å². The van der Waals surface area contributed by atoms with E-state index in [1.54, 1.807) is 14.2 Å². The molecule has 1 heterocycles. The SMILES string of the molecule is CN=C(NCCc1ccc2c(c1)OCCO2)N(C)Cc1ccc(OC)cc1. The van der Waals surface area contributed by atoms with Gasteiger partial charge in [0.1, 0.15) is 19.0 Å². The number of methoxy groups -OCH3 is 1. The van der Waals surface area contributed by atoms with E-state index in [2.05, 4.69) is 39.5 Å². The molecule has 0 aliphatic carbocycles. The molecule has 2 aromatic rings. The third-order valence-corrected chi connectivity index (χ3v) is 4.46.